The molecule has 0 radical (unpaired) electrons. The number of carbonyl (C=O) groups excluding carboxylic acids is 2. The Labute approximate surface area is 256 Å². The van der Waals surface area contributed by atoms with Gasteiger partial charge in [-0.1, -0.05) is 73.5 Å². The van der Waals surface area contributed by atoms with Crippen LogP contribution in [0.2, 0.25) is 6.82 Å². The van der Waals surface area contributed by atoms with E-state index in [4.69, 9.17) is 0 Å². The average molecular weight is 609 g/mol. The Hall–Kier alpha value is -2.99. The number of aryl methyl sites for hydroxylation is 1. The number of hydrogen-bond acceptors (Lipinski definition) is 6. The van der Waals surface area contributed by atoms with Gasteiger partial charge in [0.05, 0.1) is 16.0 Å². The molecule has 0 unspecified atom stereocenters. The Balaban J connectivity index is 1.65. The molecule has 2 amide bonds. The molecule has 1 fully saturated rings. The van der Waals surface area contributed by atoms with Gasteiger partial charge < -0.3 is 20.5 Å². The quantitative estimate of drug-likeness (QED) is 0.258. The molecule has 43 heavy (non-hydrogen) atoms. The Kier molecular flexibility index (Phi) is 10.5. The summed E-state index contributed by atoms with van der Waals surface area (Å²) >= 11 is 0. The molecule has 0 aromatic heterocycles. The maximum atomic E-state index is 14.2. The van der Waals surface area contributed by atoms with Crippen LogP contribution in [0.15, 0.2) is 66.2 Å². The van der Waals surface area contributed by atoms with Gasteiger partial charge in [0, 0.05) is 13.1 Å². The second kappa shape index (κ2) is 13.8. The Morgan fingerprint density at radius 3 is 2.26 bits per heavy atom. The maximum Gasteiger partial charge on any atom is 0.374 e. The van der Waals surface area contributed by atoms with E-state index in [1.54, 1.807) is 30.9 Å². The van der Waals surface area contributed by atoms with E-state index < -0.39 is 40.1 Å². The van der Waals surface area contributed by atoms with Crippen LogP contribution in [0, 0.1) is 0 Å². The summed E-state index contributed by atoms with van der Waals surface area (Å²) in [6.07, 6.45) is 4.99. The first kappa shape index (κ1) is 32.9. The number of rotatable bonds is 13. The molecule has 1 heterocycles. The van der Waals surface area contributed by atoms with Crippen molar-refractivity contribution in [2.75, 3.05) is 13.1 Å². The zero-order chi connectivity index (χ0) is 31.3. The number of nitrogens with one attached hydrogen (secondary N) is 3. The highest BCUT2D eigenvalue weighted by Crippen LogP contribution is 2.46. The molecule has 4 N–H and O–H groups in total. The third-order valence-corrected chi connectivity index (χ3v) is 10.2. The summed E-state index contributed by atoms with van der Waals surface area (Å²) < 4.78 is 30.1. The van der Waals surface area contributed by atoms with Gasteiger partial charge in [-0.3, -0.25) is 9.59 Å². The van der Waals surface area contributed by atoms with Gasteiger partial charge >= 0.3 is 7.05 Å². The normalized spacial score (nSPS) is 18.1. The number of amides is 2. The van der Waals surface area contributed by atoms with Crippen LogP contribution in [-0.2, 0) is 26.0 Å². The predicted molar refractivity (Wildman–Crippen MR) is 171 cm³/mol. The van der Waals surface area contributed by atoms with Crippen molar-refractivity contribution in [3.05, 3.63) is 77.4 Å². The van der Waals surface area contributed by atoms with E-state index in [1.165, 1.54) is 6.82 Å². The Morgan fingerprint density at radius 2 is 1.67 bits per heavy atom. The first-order valence-electron chi connectivity index (χ1n) is 15.3. The van der Waals surface area contributed by atoms with Gasteiger partial charge in [0.1, 0.15) is 6.04 Å². The average Bonchev–Trinajstić information content (AvgIpc) is 3.51. The van der Waals surface area contributed by atoms with Gasteiger partial charge in [-0.15, -0.1) is 0 Å². The topological polar surface area (TPSA) is 128 Å². The fourth-order valence-corrected chi connectivity index (χ4v) is 8.34. The van der Waals surface area contributed by atoms with E-state index in [2.05, 4.69) is 15.3 Å². The highest BCUT2D eigenvalue weighted by molar-refractivity contribution is 7.99. The zero-order valence-electron chi connectivity index (χ0n) is 25.7. The fourth-order valence-electron chi connectivity index (χ4n) is 6.37. The monoisotopic (exact) mass is 608 g/mol. The molecule has 2 aliphatic rings. The number of carbonyl (C=O) groups is 2. The van der Waals surface area contributed by atoms with Crippen molar-refractivity contribution in [1.82, 2.24) is 20.2 Å². The second-order valence-electron chi connectivity index (χ2n) is 12.3. The molecule has 232 valence electrons. The van der Waals surface area contributed by atoms with Gasteiger partial charge in [-0.25, -0.2) is 13.1 Å². The van der Waals surface area contributed by atoms with Crippen LogP contribution in [0.1, 0.15) is 70.4 Å². The molecule has 1 atom stereocenters. The van der Waals surface area contributed by atoms with Gasteiger partial charge in [0.15, 0.2) is 0 Å². The van der Waals surface area contributed by atoms with E-state index >= 15 is 0 Å². The lowest BCUT2D eigenvalue weighted by molar-refractivity contribution is -0.137. The molecule has 1 spiro atoms. The highest BCUT2D eigenvalue weighted by Gasteiger charge is 2.50. The standard InChI is InChI=1S/C32H45BN4O5S/c1-5-37(23-26-28(25-18-10-7-11-19-25)43(41,42)36-32(26)21-12-13-22-32)29(38)27(20-14-17-24-15-8-6-9-16-24)34-30(39)31(2,3)35-33(4)40/h6-11,15-16,18-19,27,35-36,40H,5,12-14,17,20-23H2,1-4H3,(H,34,39)/t27-/m1/s1. The largest absolute Gasteiger partial charge is 0.437 e. The molecular weight excluding hydrogens is 563 g/mol. The second-order valence-corrected chi connectivity index (χ2v) is 13.9. The lowest BCUT2D eigenvalue weighted by Crippen LogP contribution is -2.60. The number of sulfonamides is 1. The molecule has 2 aromatic rings. The van der Waals surface area contributed by atoms with E-state index in [-0.39, 0.29) is 17.4 Å². The van der Waals surface area contributed by atoms with E-state index in [0.29, 0.717) is 37.8 Å². The summed E-state index contributed by atoms with van der Waals surface area (Å²) in [5, 5.41) is 15.7. The van der Waals surface area contributed by atoms with Crippen molar-refractivity contribution >= 4 is 33.8 Å². The van der Waals surface area contributed by atoms with Crippen molar-refractivity contribution in [2.24, 2.45) is 0 Å². The predicted octanol–water partition coefficient (Wildman–Crippen LogP) is 3.48. The highest BCUT2D eigenvalue weighted by atomic mass is 32.2. The van der Waals surface area contributed by atoms with E-state index in [0.717, 1.165) is 30.4 Å². The summed E-state index contributed by atoms with van der Waals surface area (Å²) in [4.78, 5) is 29.5. The molecular formula is C32H45BN4O5S. The molecule has 2 aromatic carbocycles. The van der Waals surface area contributed by atoms with Gasteiger partial charge in [0.2, 0.25) is 21.8 Å². The number of nitrogens with zero attached hydrogens (tertiary/aromatic N) is 1. The number of benzene rings is 2. The third kappa shape index (κ3) is 7.76. The van der Waals surface area contributed by atoms with Crippen LogP contribution in [0.3, 0.4) is 0 Å². The summed E-state index contributed by atoms with van der Waals surface area (Å²) in [7, 11) is -4.70. The van der Waals surface area contributed by atoms with Crippen molar-refractivity contribution in [3.8, 4) is 0 Å². The van der Waals surface area contributed by atoms with Crippen LogP contribution in [-0.4, -0.2) is 67.4 Å². The van der Waals surface area contributed by atoms with Gasteiger partial charge in [-0.05, 0) is 76.4 Å². The van der Waals surface area contributed by atoms with Crippen LogP contribution < -0.4 is 15.3 Å². The van der Waals surface area contributed by atoms with Crippen LogP contribution in [0.25, 0.3) is 4.91 Å². The van der Waals surface area contributed by atoms with E-state index in [1.807, 2.05) is 55.5 Å². The summed E-state index contributed by atoms with van der Waals surface area (Å²) in [6, 6.07) is 18.2. The minimum atomic E-state index is -3.79. The minimum absolute atomic E-state index is 0.145. The SMILES string of the molecule is CCN(CC1=C(c2ccccc2)S(=O)(=O)NC12CCCC2)C(=O)[C@@H](CCCc1ccccc1)NC(=O)C(C)(C)NB(C)O. The molecule has 0 saturated heterocycles. The van der Waals surface area contributed by atoms with Crippen molar-refractivity contribution in [1.29, 1.82) is 0 Å². The molecule has 9 nitrogen and oxygen atoms in total. The molecule has 11 heteroatoms. The summed E-state index contributed by atoms with van der Waals surface area (Å²) in [5.74, 6) is -0.654. The smallest absolute Gasteiger partial charge is 0.374 e. The molecule has 0 bridgehead atoms. The van der Waals surface area contributed by atoms with Crippen molar-refractivity contribution in [2.45, 2.75) is 89.7 Å². The zero-order valence-corrected chi connectivity index (χ0v) is 26.5. The molecule has 1 aliphatic carbocycles. The number of likely N-dealkylation sites (N-methyl/N-ethyl adjacent to an activating group) is 1. The van der Waals surface area contributed by atoms with Crippen molar-refractivity contribution < 1.29 is 23.0 Å². The molecule has 4 rings (SSSR count). The first-order valence-corrected chi connectivity index (χ1v) is 16.8. The van der Waals surface area contributed by atoms with Crippen LogP contribution in [0.5, 0.6) is 0 Å². The summed E-state index contributed by atoms with van der Waals surface area (Å²) in [6.45, 7) is 7.23. The fraction of sp³-hybridized carbons (Fsp3) is 0.500. The van der Waals surface area contributed by atoms with Crippen molar-refractivity contribution in [3.63, 3.8) is 0 Å². The Morgan fingerprint density at radius 1 is 1.07 bits per heavy atom. The van der Waals surface area contributed by atoms with Crippen LogP contribution in [0.4, 0.5) is 0 Å². The maximum absolute atomic E-state index is 14.2. The lowest BCUT2D eigenvalue weighted by Gasteiger charge is -2.34. The first-order chi connectivity index (χ1) is 20.4. The molecule has 1 saturated carbocycles. The van der Waals surface area contributed by atoms with Gasteiger partial charge in [-0.2, -0.15) is 0 Å². The minimum Gasteiger partial charge on any atom is -0.437 e. The Bertz CT molecular complexity index is 1410. The molecule has 1 aliphatic heterocycles. The number of hydrogen-bond donors (Lipinski definition) is 4. The third-order valence-electron chi connectivity index (χ3n) is 8.53. The van der Waals surface area contributed by atoms with E-state index in [9.17, 15) is 23.0 Å². The van der Waals surface area contributed by atoms with Crippen LogP contribution >= 0.6 is 0 Å². The van der Waals surface area contributed by atoms with Gasteiger partial charge in [0.25, 0.3) is 0 Å². The summed E-state index contributed by atoms with van der Waals surface area (Å²) in [5.41, 5.74) is 0.635. The lowest BCUT2D eigenvalue weighted by atomic mass is 9.83.